The Hall–Kier alpha value is -1.64. The molecule has 0 aliphatic heterocycles. The maximum Gasteiger partial charge on any atom is 0.247 e. The Kier molecular flexibility index (Phi) is 1.63. The van der Waals surface area contributed by atoms with Crippen LogP contribution >= 0.6 is 0 Å². The fraction of sp³-hybridized carbons (Fsp3) is 0. The molecule has 12 heavy (non-hydrogen) atoms. The van der Waals surface area contributed by atoms with Gasteiger partial charge in [-0.05, 0) is 12.1 Å². The van der Waals surface area contributed by atoms with Gasteiger partial charge < -0.3 is 4.42 Å². The van der Waals surface area contributed by atoms with Crippen LogP contribution in [0.15, 0.2) is 34.7 Å². The summed E-state index contributed by atoms with van der Waals surface area (Å²) in [5.41, 5.74) is 0.917. The summed E-state index contributed by atoms with van der Waals surface area (Å²) < 4.78 is 5.14. The van der Waals surface area contributed by atoms with Gasteiger partial charge in [-0.25, -0.2) is 0 Å². The van der Waals surface area contributed by atoms with Gasteiger partial charge >= 0.3 is 0 Å². The molecular weight excluding hydrogens is 152 g/mol. The average Bonchev–Trinajstić information content (AvgIpc) is 2.54. The summed E-state index contributed by atoms with van der Waals surface area (Å²) in [5, 5.41) is 7.47. The van der Waals surface area contributed by atoms with Crippen LogP contribution in [0.25, 0.3) is 11.5 Å². The highest BCUT2D eigenvalue weighted by atomic mass is 16.4. The summed E-state index contributed by atoms with van der Waals surface area (Å²) in [6.45, 7) is 3.53. The standard InChI is InChI=1S/C9H7N2O/c1-7-10-11-9(12-7)8-5-3-2-4-6-8/h2-6H,1H2. The number of nitrogens with zero attached hydrogens (tertiary/aromatic N) is 2. The lowest BCUT2D eigenvalue weighted by Gasteiger charge is -1.90. The molecule has 0 aliphatic rings. The van der Waals surface area contributed by atoms with E-state index >= 15 is 0 Å². The van der Waals surface area contributed by atoms with Crippen molar-refractivity contribution in [1.82, 2.24) is 10.2 Å². The number of rotatable bonds is 1. The van der Waals surface area contributed by atoms with Crippen LogP contribution in [-0.4, -0.2) is 10.2 Å². The molecule has 0 saturated heterocycles. The molecule has 1 radical (unpaired) electrons. The van der Waals surface area contributed by atoms with E-state index in [1.807, 2.05) is 30.3 Å². The normalized spacial score (nSPS) is 10.1. The maximum atomic E-state index is 5.14. The van der Waals surface area contributed by atoms with Gasteiger partial charge in [-0.3, -0.25) is 0 Å². The molecule has 2 rings (SSSR count). The number of aromatic nitrogens is 2. The van der Waals surface area contributed by atoms with E-state index in [2.05, 4.69) is 17.1 Å². The van der Waals surface area contributed by atoms with Crippen LogP contribution in [0, 0.1) is 6.92 Å². The van der Waals surface area contributed by atoms with E-state index in [0.29, 0.717) is 11.8 Å². The minimum Gasteiger partial charge on any atom is -0.421 e. The monoisotopic (exact) mass is 159 g/mol. The first-order valence-electron chi connectivity index (χ1n) is 3.57. The van der Waals surface area contributed by atoms with Crippen molar-refractivity contribution in [3.05, 3.63) is 43.1 Å². The van der Waals surface area contributed by atoms with Crippen molar-refractivity contribution >= 4 is 0 Å². The molecule has 59 valence electrons. The number of benzene rings is 1. The summed E-state index contributed by atoms with van der Waals surface area (Å²) in [5.74, 6) is 0.856. The molecule has 3 heteroatoms. The van der Waals surface area contributed by atoms with Gasteiger partial charge in [0.15, 0.2) is 0 Å². The van der Waals surface area contributed by atoms with Crippen molar-refractivity contribution in [2.24, 2.45) is 0 Å². The molecule has 0 unspecified atom stereocenters. The first-order chi connectivity index (χ1) is 5.86. The van der Waals surface area contributed by atoms with E-state index in [1.165, 1.54) is 0 Å². The first-order valence-corrected chi connectivity index (χ1v) is 3.57. The Labute approximate surface area is 70.1 Å². The van der Waals surface area contributed by atoms with Gasteiger partial charge in [-0.15, -0.1) is 10.2 Å². The Balaban J connectivity index is 2.45. The van der Waals surface area contributed by atoms with Gasteiger partial charge in [0, 0.05) is 12.5 Å². The summed E-state index contributed by atoms with van der Waals surface area (Å²) >= 11 is 0. The Morgan fingerprint density at radius 1 is 1.08 bits per heavy atom. The average molecular weight is 159 g/mol. The van der Waals surface area contributed by atoms with Crippen molar-refractivity contribution in [1.29, 1.82) is 0 Å². The molecule has 1 aromatic heterocycles. The third kappa shape index (κ3) is 1.21. The molecule has 0 N–H and O–H groups in total. The van der Waals surface area contributed by atoms with E-state index < -0.39 is 0 Å². The van der Waals surface area contributed by atoms with E-state index in [9.17, 15) is 0 Å². The molecule has 0 spiro atoms. The molecule has 0 bridgehead atoms. The zero-order valence-electron chi connectivity index (χ0n) is 6.40. The van der Waals surface area contributed by atoms with Crippen LogP contribution in [-0.2, 0) is 0 Å². The Morgan fingerprint density at radius 2 is 1.83 bits per heavy atom. The van der Waals surface area contributed by atoms with Crippen molar-refractivity contribution in [3.63, 3.8) is 0 Å². The van der Waals surface area contributed by atoms with Crippen LogP contribution in [0.5, 0.6) is 0 Å². The largest absolute Gasteiger partial charge is 0.421 e. The molecule has 0 aliphatic carbocycles. The topological polar surface area (TPSA) is 38.9 Å². The Bertz CT molecular complexity index is 367. The lowest BCUT2D eigenvalue weighted by atomic mass is 10.2. The molecule has 3 nitrogen and oxygen atoms in total. The van der Waals surface area contributed by atoms with E-state index in [-0.39, 0.29) is 0 Å². The highest BCUT2D eigenvalue weighted by Crippen LogP contribution is 2.15. The van der Waals surface area contributed by atoms with Gasteiger partial charge in [-0.2, -0.15) is 0 Å². The van der Waals surface area contributed by atoms with Gasteiger partial charge in [0.1, 0.15) is 0 Å². The van der Waals surface area contributed by atoms with Crippen LogP contribution in [0.3, 0.4) is 0 Å². The van der Waals surface area contributed by atoms with Gasteiger partial charge in [-0.1, -0.05) is 18.2 Å². The molecule has 1 aromatic carbocycles. The quantitative estimate of drug-likeness (QED) is 0.638. The fourth-order valence-corrected chi connectivity index (χ4v) is 0.951. The van der Waals surface area contributed by atoms with Crippen molar-refractivity contribution < 1.29 is 4.42 Å². The van der Waals surface area contributed by atoms with Crippen molar-refractivity contribution in [2.45, 2.75) is 0 Å². The zero-order chi connectivity index (χ0) is 8.39. The second kappa shape index (κ2) is 2.77. The Morgan fingerprint density at radius 3 is 2.42 bits per heavy atom. The molecule has 0 atom stereocenters. The van der Waals surface area contributed by atoms with Crippen molar-refractivity contribution in [2.75, 3.05) is 0 Å². The summed E-state index contributed by atoms with van der Waals surface area (Å²) in [4.78, 5) is 0. The number of hydrogen-bond acceptors (Lipinski definition) is 3. The minimum absolute atomic E-state index is 0.342. The predicted molar refractivity (Wildman–Crippen MR) is 44.2 cm³/mol. The lowest BCUT2D eigenvalue weighted by molar-refractivity contribution is 0.548. The smallest absolute Gasteiger partial charge is 0.247 e. The van der Waals surface area contributed by atoms with Gasteiger partial charge in [0.05, 0.1) is 0 Å². The second-order valence-electron chi connectivity index (χ2n) is 2.37. The van der Waals surface area contributed by atoms with E-state index in [0.717, 1.165) is 5.56 Å². The zero-order valence-corrected chi connectivity index (χ0v) is 6.40. The highest BCUT2D eigenvalue weighted by molar-refractivity contribution is 5.51. The predicted octanol–water partition coefficient (Wildman–Crippen LogP) is 1.92. The second-order valence-corrected chi connectivity index (χ2v) is 2.37. The van der Waals surface area contributed by atoms with Crippen LogP contribution in [0.1, 0.15) is 5.89 Å². The fourth-order valence-electron chi connectivity index (χ4n) is 0.951. The third-order valence-corrected chi connectivity index (χ3v) is 1.49. The molecule has 0 amide bonds. The van der Waals surface area contributed by atoms with Crippen LogP contribution in [0.2, 0.25) is 0 Å². The molecule has 2 aromatic rings. The van der Waals surface area contributed by atoms with Gasteiger partial charge in [0.25, 0.3) is 0 Å². The molecule has 1 heterocycles. The van der Waals surface area contributed by atoms with E-state index in [4.69, 9.17) is 4.42 Å². The van der Waals surface area contributed by atoms with Crippen molar-refractivity contribution in [3.8, 4) is 11.5 Å². The highest BCUT2D eigenvalue weighted by Gasteiger charge is 2.03. The van der Waals surface area contributed by atoms with E-state index in [1.54, 1.807) is 0 Å². The summed E-state index contributed by atoms with van der Waals surface area (Å²) in [7, 11) is 0. The first kappa shape index (κ1) is 7.03. The SMILES string of the molecule is [CH2]c1nnc(-c2ccccc2)o1. The third-order valence-electron chi connectivity index (χ3n) is 1.49. The van der Waals surface area contributed by atoms with Crippen LogP contribution in [0.4, 0.5) is 0 Å². The van der Waals surface area contributed by atoms with Gasteiger partial charge in [0.2, 0.25) is 11.8 Å². The maximum absolute atomic E-state index is 5.14. The molecular formula is C9H7N2O. The molecule has 0 saturated carbocycles. The molecule has 0 fully saturated rings. The van der Waals surface area contributed by atoms with Crippen LogP contribution < -0.4 is 0 Å². The lowest BCUT2D eigenvalue weighted by Crippen LogP contribution is -1.75. The summed E-state index contributed by atoms with van der Waals surface area (Å²) in [6, 6.07) is 9.59. The minimum atomic E-state index is 0.342. The summed E-state index contributed by atoms with van der Waals surface area (Å²) in [6.07, 6.45) is 0. The number of hydrogen-bond donors (Lipinski definition) is 0.